The molecule has 1 aromatic carbocycles. The fraction of sp³-hybridized carbons (Fsp3) is 0.222. The number of hydrazine groups is 1. The minimum atomic E-state index is -0.498. The molecule has 0 bridgehead atoms. The monoisotopic (exact) mass is 197 g/mol. The summed E-state index contributed by atoms with van der Waals surface area (Å²) in [5, 5.41) is 2.80. The second-order valence-corrected chi connectivity index (χ2v) is 2.88. The van der Waals surface area contributed by atoms with Gasteiger partial charge in [0.05, 0.1) is 0 Å². The van der Waals surface area contributed by atoms with Crippen LogP contribution in [0.5, 0.6) is 0 Å². The summed E-state index contributed by atoms with van der Waals surface area (Å²) < 4.78 is 12.7. The van der Waals surface area contributed by atoms with E-state index in [1.54, 1.807) is 19.1 Å². The largest absolute Gasteiger partial charge is 0.374 e. The molecule has 1 aromatic rings. The molecule has 0 aliphatic rings. The Balaban J connectivity index is 2.64. The average molecular weight is 197 g/mol. The molecule has 0 fully saturated rings. The van der Waals surface area contributed by atoms with Gasteiger partial charge in [-0.1, -0.05) is 6.07 Å². The lowest BCUT2D eigenvalue weighted by Gasteiger charge is -2.13. The van der Waals surface area contributed by atoms with E-state index in [0.29, 0.717) is 5.69 Å². The maximum absolute atomic E-state index is 12.7. The van der Waals surface area contributed by atoms with Crippen LogP contribution in [0.1, 0.15) is 6.92 Å². The molecule has 1 atom stereocenters. The molecule has 5 heteroatoms. The number of benzene rings is 1. The lowest BCUT2D eigenvalue weighted by molar-refractivity contribution is -0.121. The lowest BCUT2D eigenvalue weighted by atomic mass is 10.2. The minimum absolute atomic E-state index is 0.352. The molecule has 0 aromatic heterocycles. The molecule has 0 aliphatic heterocycles. The minimum Gasteiger partial charge on any atom is -0.374 e. The third-order valence-corrected chi connectivity index (χ3v) is 1.74. The van der Waals surface area contributed by atoms with Gasteiger partial charge in [-0.15, -0.1) is 0 Å². The van der Waals surface area contributed by atoms with E-state index in [0.717, 1.165) is 0 Å². The molecule has 1 amide bonds. The van der Waals surface area contributed by atoms with Crippen LogP contribution in [0.25, 0.3) is 0 Å². The Labute approximate surface area is 81.3 Å². The highest BCUT2D eigenvalue weighted by Crippen LogP contribution is 2.10. The standard InChI is InChI=1S/C9H12FN3O/c1-6(9(14)13-11)12-8-4-2-3-7(10)5-8/h2-6,12H,11H2,1H3,(H,13,14). The van der Waals surface area contributed by atoms with Gasteiger partial charge in [-0.05, 0) is 25.1 Å². The van der Waals surface area contributed by atoms with Crippen LogP contribution in [0.4, 0.5) is 10.1 Å². The van der Waals surface area contributed by atoms with E-state index >= 15 is 0 Å². The Morgan fingerprint density at radius 3 is 2.86 bits per heavy atom. The van der Waals surface area contributed by atoms with Crippen LogP contribution < -0.4 is 16.6 Å². The summed E-state index contributed by atoms with van der Waals surface area (Å²) in [7, 11) is 0. The number of hydrogen-bond acceptors (Lipinski definition) is 3. The third kappa shape index (κ3) is 2.70. The van der Waals surface area contributed by atoms with Gasteiger partial charge in [-0.2, -0.15) is 0 Å². The Bertz CT molecular complexity index is 330. The number of nitrogens with two attached hydrogens (primary N) is 1. The molecule has 4 nitrogen and oxygen atoms in total. The number of rotatable bonds is 3. The van der Waals surface area contributed by atoms with Crippen LogP contribution in [0.3, 0.4) is 0 Å². The molecule has 1 unspecified atom stereocenters. The topological polar surface area (TPSA) is 67.2 Å². The van der Waals surface area contributed by atoms with Gasteiger partial charge in [0.25, 0.3) is 5.91 Å². The highest BCUT2D eigenvalue weighted by atomic mass is 19.1. The van der Waals surface area contributed by atoms with Gasteiger partial charge in [0, 0.05) is 5.69 Å². The third-order valence-electron chi connectivity index (χ3n) is 1.74. The molecule has 0 aliphatic carbocycles. The van der Waals surface area contributed by atoms with Crippen molar-refractivity contribution in [1.29, 1.82) is 0 Å². The molecule has 0 radical (unpaired) electrons. The van der Waals surface area contributed by atoms with E-state index in [-0.39, 0.29) is 11.7 Å². The van der Waals surface area contributed by atoms with E-state index in [1.165, 1.54) is 12.1 Å². The van der Waals surface area contributed by atoms with Gasteiger partial charge in [0.15, 0.2) is 0 Å². The van der Waals surface area contributed by atoms with Gasteiger partial charge in [0.1, 0.15) is 11.9 Å². The summed E-state index contributed by atoms with van der Waals surface area (Å²) >= 11 is 0. The van der Waals surface area contributed by atoms with Crippen LogP contribution in [-0.2, 0) is 4.79 Å². The fourth-order valence-electron chi connectivity index (χ4n) is 1.02. The quantitative estimate of drug-likeness (QED) is 0.378. The molecule has 0 saturated carbocycles. The first-order valence-corrected chi connectivity index (χ1v) is 4.16. The predicted octanol–water partition coefficient (Wildman–Crippen LogP) is 0.616. The lowest BCUT2D eigenvalue weighted by Crippen LogP contribution is -2.41. The predicted molar refractivity (Wildman–Crippen MR) is 51.8 cm³/mol. The summed E-state index contributed by atoms with van der Waals surface area (Å²) in [6, 6.07) is 5.37. The van der Waals surface area contributed by atoms with E-state index in [1.807, 2.05) is 5.43 Å². The first-order valence-electron chi connectivity index (χ1n) is 4.16. The number of carbonyl (C=O) groups is 1. The van der Waals surface area contributed by atoms with E-state index in [4.69, 9.17) is 5.84 Å². The highest BCUT2D eigenvalue weighted by molar-refractivity contribution is 5.83. The number of nitrogens with one attached hydrogen (secondary N) is 2. The van der Waals surface area contributed by atoms with Gasteiger partial charge in [-0.3, -0.25) is 10.2 Å². The van der Waals surface area contributed by atoms with Crippen molar-refractivity contribution in [3.8, 4) is 0 Å². The van der Waals surface area contributed by atoms with E-state index < -0.39 is 6.04 Å². The van der Waals surface area contributed by atoms with Gasteiger partial charge >= 0.3 is 0 Å². The molecule has 0 heterocycles. The van der Waals surface area contributed by atoms with Crippen LogP contribution in [0.2, 0.25) is 0 Å². The van der Waals surface area contributed by atoms with Crippen molar-refractivity contribution in [1.82, 2.24) is 5.43 Å². The number of amides is 1. The highest BCUT2D eigenvalue weighted by Gasteiger charge is 2.10. The Kier molecular flexibility index (Phi) is 3.41. The van der Waals surface area contributed by atoms with E-state index in [9.17, 15) is 9.18 Å². The summed E-state index contributed by atoms with van der Waals surface area (Å²) in [6.07, 6.45) is 0. The summed E-state index contributed by atoms with van der Waals surface area (Å²) in [5.41, 5.74) is 2.55. The second-order valence-electron chi connectivity index (χ2n) is 2.88. The smallest absolute Gasteiger partial charge is 0.256 e. The number of anilines is 1. The molecular formula is C9H12FN3O. The van der Waals surface area contributed by atoms with Crippen LogP contribution >= 0.6 is 0 Å². The van der Waals surface area contributed by atoms with Crippen molar-refractivity contribution in [2.24, 2.45) is 5.84 Å². The summed E-state index contributed by atoms with van der Waals surface area (Å²) in [5.74, 6) is 4.24. The van der Waals surface area contributed by atoms with Crippen molar-refractivity contribution in [2.45, 2.75) is 13.0 Å². The molecule has 1 rings (SSSR count). The van der Waals surface area contributed by atoms with Crippen molar-refractivity contribution in [3.05, 3.63) is 30.1 Å². The van der Waals surface area contributed by atoms with Gasteiger partial charge in [0.2, 0.25) is 0 Å². The Hall–Kier alpha value is -1.62. The number of carbonyl (C=O) groups excluding carboxylic acids is 1. The second kappa shape index (κ2) is 4.57. The zero-order valence-electron chi connectivity index (χ0n) is 7.75. The molecule has 4 N–H and O–H groups in total. The number of halogens is 1. The van der Waals surface area contributed by atoms with Crippen LogP contribution in [-0.4, -0.2) is 11.9 Å². The SMILES string of the molecule is CC(Nc1cccc(F)c1)C(=O)NN. The average Bonchev–Trinajstić information content (AvgIpc) is 2.16. The summed E-state index contributed by atoms with van der Waals surface area (Å²) in [6.45, 7) is 1.63. The zero-order valence-corrected chi connectivity index (χ0v) is 7.75. The number of hydrogen-bond donors (Lipinski definition) is 3. The Morgan fingerprint density at radius 1 is 1.57 bits per heavy atom. The van der Waals surface area contributed by atoms with Crippen molar-refractivity contribution < 1.29 is 9.18 Å². The summed E-state index contributed by atoms with van der Waals surface area (Å²) in [4.78, 5) is 11.0. The molecule has 14 heavy (non-hydrogen) atoms. The first kappa shape index (κ1) is 10.5. The van der Waals surface area contributed by atoms with Crippen molar-refractivity contribution in [3.63, 3.8) is 0 Å². The van der Waals surface area contributed by atoms with Gasteiger partial charge in [-0.25, -0.2) is 10.2 Å². The maximum Gasteiger partial charge on any atom is 0.256 e. The van der Waals surface area contributed by atoms with Crippen LogP contribution in [0.15, 0.2) is 24.3 Å². The van der Waals surface area contributed by atoms with Crippen molar-refractivity contribution >= 4 is 11.6 Å². The van der Waals surface area contributed by atoms with E-state index in [2.05, 4.69) is 5.32 Å². The van der Waals surface area contributed by atoms with Crippen molar-refractivity contribution in [2.75, 3.05) is 5.32 Å². The van der Waals surface area contributed by atoms with Crippen LogP contribution in [0, 0.1) is 5.82 Å². The first-order chi connectivity index (χ1) is 6.63. The zero-order chi connectivity index (χ0) is 10.6. The van der Waals surface area contributed by atoms with Gasteiger partial charge < -0.3 is 5.32 Å². The molecule has 0 spiro atoms. The molecular weight excluding hydrogens is 185 g/mol. The fourth-order valence-corrected chi connectivity index (χ4v) is 1.02. The normalized spacial score (nSPS) is 11.9. The maximum atomic E-state index is 12.7. The Morgan fingerprint density at radius 2 is 2.29 bits per heavy atom. The molecule has 0 saturated heterocycles. The molecule has 76 valence electrons.